The van der Waals surface area contributed by atoms with Crippen LogP contribution in [0.1, 0.15) is 18.4 Å². The second kappa shape index (κ2) is 6.49. The van der Waals surface area contributed by atoms with Gasteiger partial charge in [-0.3, -0.25) is 0 Å². The van der Waals surface area contributed by atoms with Gasteiger partial charge in [-0.1, -0.05) is 5.16 Å². The van der Waals surface area contributed by atoms with Gasteiger partial charge >= 0.3 is 0 Å². The van der Waals surface area contributed by atoms with Crippen LogP contribution in [0.3, 0.4) is 0 Å². The van der Waals surface area contributed by atoms with Gasteiger partial charge in [0.2, 0.25) is 11.7 Å². The molecule has 4 nitrogen and oxygen atoms in total. The lowest BCUT2D eigenvalue weighted by molar-refractivity contribution is 0.353. The van der Waals surface area contributed by atoms with E-state index in [9.17, 15) is 4.39 Å². The second-order valence-corrected chi connectivity index (χ2v) is 5.81. The fourth-order valence-corrected chi connectivity index (χ4v) is 2.55. The van der Waals surface area contributed by atoms with Crippen molar-refractivity contribution in [3.63, 3.8) is 0 Å². The molecule has 0 unspecified atom stereocenters. The van der Waals surface area contributed by atoms with Crippen molar-refractivity contribution < 1.29 is 8.91 Å². The van der Waals surface area contributed by atoms with Crippen LogP contribution in [0, 0.1) is 5.82 Å². The molecule has 0 radical (unpaired) electrons. The summed E-state index contributed by atoms with van der Waals surface area (Å²) in [4.78, 5) is 4.26. The van der Waals surface area contributed by atoms with Gasteiger partial charge in [0, 0.05) is 10.0 Å². The number of aromatic nitrogens is 2. The highest BCUT2D eigenvalue weighted by Gasteiger charge is 2.16. The molecule has 0 bridgehead atoms. The molecule has 1 aromatic heterocycles. The van der Waals surface area contributed by atoms with Crippen LogP contribution in [0.5, 0.6) is 0 Å². The Balaban J connectivity index is 2.20. The van der Waals surface area contributed by atoms with Crippen LogP contribution >= 0.6 is 27.7 Å². The molecule has 1 heterocycles. The maximum absolute atomic E-state index is 13.0. The largest absolute Gasteiger partial charge is 0.337 e. The minimum Gasteiger partial charge on any atom is -0.337 e. The Labute approximate surface area is 123 Å². The van der Waals surface area contributed by atoms with Crippen molar-refractivity contribution in [2.75, 3.05) is 12.0 Å². The molecule has 0 aliphatic rings. The van der Waals surface area contributed by atoms with E-state index in [4.69, 9.17) is 10.3 Å². The van der Waals surface area contributed by atoms with E-state index in [1.54, 1.807) is 17.8 Å². The number of halogens is 2. The van der Waals surface area contributed by atoms with Crippen molar-refractivity contribution in [2.45, 2.75) is 12.5 Å². The van der Waals surface area contributed by atoms with Crippen molar-refractivity contribution in [1.29, 1.82) is 0 Å². The molecular weight excluding hydrogens is 333 g/mol. The predicted molar refractivity (Wildman–Crippen MR) is 77.3 cm³/mol. The van der Waals surface area contributed by atoms with Crippen LogP contribution in [-0.4, -0.2) is 22.1 Å². The first-order chi connectivity index (χ1) is 9.11. The highest BCUT2D eigenvalue weighted by molar-refractivity contribution is 9.10. The molecule has 0 saturated heterocycles. The first-order valence-corrected chi connectivity index (χ1v) is 7.84. The highest BCUT2D eigenvalue weighted by Crippen LogP contribution is 2.27. The quantitative estimate of drug-likeness (QED) is 0.899. The van der Waals surface area contributed by atoms with E-state index in [1.165, 1.54) is 12.1 Å². The van der Waals surface area contributed by atoms with Crippen molar-refractivity contribution in [1.82, 2.24) is 10.1 Å². The smallest absolute Gasteiger partial charge is 0.243 e. The van der Waals surface area contributed by atoms with Crippen LogP contribution in [0.15, 0.2) is 27.2 Å². The third kappa shape index (κ3) is 3.55. The summed E-state index contributed by atoms with van der Waals surface area (Å²) in [7, 11) is 0. The minimum absolute atomic E-state index is 0.270. The first-order valence-electron chi connectivity index (χ1n) is 5.65. The van der Waals surface area contributed by atoms with E-state index < -0.39 is 0 Å². The maximum Gasteiger partial charge on any atom is 0.243 e. The number of hydrogen-bond acceptors (Lipinski definition) is 5. The fraction of sp³-hybridized carbons (Fsp3) is 0.333. The summed E-state index contributed by atoms with van der Waals surface area (Å²) >= 11 is 4.99. The van der Waals surface area contributed by atoms with Gasteiger partial charge in [-0.15, -0.1) is 0 Å². The monoisotopic (exact) mass is 345 g/mol. The molecule has 2 rings (SSSR count). The standard InChI is InChI=1S/C12H13BrFN3OS/c1-19-5-4-10(15)12-16-11(17-18-12)8-3-2-7(14)6-9(8)13/h2-3,6,10H,4-5,15H2,1H3/t10-/m0/s1. The topological polar surface area (TPSA) is 64.9 Å². The van der Waals surface area contributed by atoms with Gasteiger partial charge in [-0.25, -0.2) is 4.39 Å². The minimum atomic E-state index is -0.323. The summed E-state index contributed by atoms with van der Waals surface area (Å²) in [6.45, 7) is 0. The van der Waals surface area contributed by atoms with Gasteiger partial charge < -0.3 is 10.3 Å². The van der Waals surface area contributed by atoms with Crippen molar-refractivity contribution in [3.8, 4) is 11.4 Å². The summed E-state index contributed by atoms with van der Waals surface area (Å²) < 4.78 is 18.8. The zero-order valence-electron chi connectivity index (χ0n) is 10.3. The second-order valence-electron chi connectivity index (χ2n) is 3.97. The Morgan fingerprint density at radius 2 is 2.32 bits per heavy atom. The van der Waals surface area contributed by atoms with E-state index in [-0.39, 0.29) is 11.9 Å². The van der Waals surface area contributed by atoms with Crippen molar-refractivity contribution >= 4 is 27.7 Å². The average molecular weight is 346 g/mol. The van der Waals surface area contributed by atoms with E-state index >= 15 is 0 Å². The summed E-state index contributed by atoms with van der Waals surface area (Å²) in [5, 5.41) is 3.88. The maximum atomic E-state index is 13.0. The van der Waals surface area contributed by atoms with Crippen LogP contribution < -0.4 is 5.73 Å². The summed E-state index contributed by atoms with van der Waals surface area (Å²) in [6, 6.07) is 4.04. The van der Waals surface area contributed by atoms with Gasteiger partial charge in [0.15, 0.2) is 0 Å². The van der Waals surface area contributed by atoms with Gasteiger partial charge in [0.25, 0.3) is 0 Å². The number of rotatable bonds is 5. The number of nitrogens with zero attached hydrogens (tertiary/aromatic N) is 2. The Morgan fingerprint density at radius 3 is 3.00 bits per heavy atom. The van der Waals surface area contributed by atoms with Crippen LogP contribution in [0.25, 0.3) is 11.4 Å². The van der Waals surface area contributed by atoms with Crippen molar-refractivity contribution in [3.05, 3.63) is 34.4 Å². The van der Waals surface area contributed by atoms with E-state index in [2.05, 4.69) is 26.1 Å². The van der Waals surface area contributed by atoms with Gasteiger partial charge in [-0.05, 0) is 52.6 Å². The third-order valence-electron chi connectivity index (χ3n) is 2.56. The molecule has 7 heteroatoms. The van der Waals surface area contributed by atoms with Crippen LogP contribution in [0.4, 0.5) is 4.39 Å². The Hall–Kier alpha value is -0.920. The molecule has 19 heavy (non-hydrogen) atoms. The molecule has 102 valence electrons. The summed E-state index contributed by atoms with van der Waals surface area (Å²) in [5.74, 6) is 1.41. The summed E-state index contributed by atoms with van der Waals surface area (Å²) in [5.41, 5.74) is 6.63. The molecule has 1 atom stereocenters. The zero-order valence-corrected chi connectivity index (χ0v) is 12.7. The van der Waals surface area contributed by atoms with E-state index in [0.717, 1.165) is 12.2 Å². The van der Waals surface area contributed by atoms with E-state index in [1.807, 2.05) is 6.26 Å². The normalized spacial score (nSPS) is 12.6. The summed E-state index contributed by atoms with van der Waals surface area (Å²) in [6.07, 6.45) is 2.79. The van der Waals surface area contributed by atoms with E-state index in [0.29, 0.717) is 21.8 Å². The molecule has 0 amide bonds. The Bertz CT molecular complexity index is 564. The molecule has 1 aromatic carbocycles. The van der Waals surface area contributed by atoms with Crippen LogP contribution in [0.2, 0.25) is 0 Å². The number of hydrogen-bond donors (Lipinski definition) is 1. The Morgan fingerprint density at radius 1 is 1.53 bits per heavy atom. The lowest BCUT2D eigenvalue weighted by Gasteiger charge is -2.03. The molecule has 0 spiro atoms. The zero-order chi connectivity index (χ0) is 13.8. The predicted octanol–water partition coefficient (Wildman–Crippen LogP) is 3.39. The van der Waals surface area contributed by atoms with Gasteiger partial charge in [-0.2, -0.15) is 16.7 Å². The lowest BCUT2D eigenvalue weighted by atomic mass is 10.2. The number of nitrogens with two attached hydrogens (primary N) is 1. The highest BCUT2D eigenvalue weighted by atomic mass is 79.9. The SMILES string of the molecule is CSCC[C@H](N)c1nc(-c2ccc(F)cc2Br)no1. The third-order valence-corrected chi connectivity index (χ3v) is 3.86. The fourth-order valence-electron chi connectivity index (χ4n) is 1.53. The molecule has 0 aliphatic heterocycles. The molecule has 2 aromatic rings. The van der Waals surface area contributed by atoms with Gasteiger partial charge in [0.05, 0.1) is 6.04 Å². The van der Waals surface area contributed by atoms with Gasteiger partial charge in [0.1, 0.15) is 5.82 Å². The number of benzene rings is 1. The average Bonchev–Trinajstić information content (AvgIpc) is 2.85. The lowest BCUT2D eigenvalue weighted by Crippen LogP contribution is -2.11. The molecule has 2 N–H and O–H groups in total. The van der Waals surface area contributed by atoms with Crippen LogP contribution in [-0.2, 0) is 0 Å². The first kappa shape index (κ1) is 14.5. The molecule has 0 saturated carbocycles. The van der Waals surface area contributed by atoms with Crippen molar-refractivity contribution in [2.24, 2.45) is 5.73 Å². The number of thioether (sulfide) groups is 1. The molecule has 0 fully saturated rings. The Kier molecular flexibility index (Phi) is 4.95. The molecular formula is C12H13BrFN3OS. The molecule has 0 aliphatic carbocycles.